The minimum atomic E-state index is -0.156. The minimum absolute atomic E-state index is 0.00497. The van der Waals surface area contributed by atoms with Crippen molar-refractivity contribution in [3.05, 3.63) is 107 Å². The molecule has 5 rings (SSSR count). The van der Waals surface area contributed by atoms with Gasteiger partial charge in [0.1, 0.15) is 6.04 Å². The molecule has 0 bridgehead atoms. The van der Waals surface area contributed by atoms with Crippen LogP contribution in [0.25, 0.3) is 5.69 Å². The molecule has 37 heavy (non-hydrogen) atoms. The smallest absolute Gasteiger partial charge is 0.226 e. The van der Waals surface area contributed by atoms with Gasteiger partial charge in [0.25, 0.3) is 0 Å². The topological polar surface area (TPSA) is 62.2 Å². The SMILES string of the molecule is Cc1cc(N2C(=S)N[C@H](c3ccccn3)[C@@H]2c2cccn2-c2ccc(Br)cc2)ccc1NC(=O)C(C)C. The number of aromatic nitrogens is 2. The van der Waals surface area contributed by atoms with Gasteiger partial charge in [-0.25, -0.2) is 0 Å². The quantitative estimate of drug-likeness (QED) is 0.251. The molecule has 188 valence electrons. The Morgan fingerprint density at radius 2 is 1.81 bits per heavy atom. The summed E-state index contributed by atoms with van der Waals surface area (Å²) in [4.78, 5) is 19.1. The summed E-state index contributed by atoms with van der Waals surface area (Å²) in [6, 6.07) is 24.1. The van der Waals surface area contributed by atoms with Gasteiger partial charge in [-0.2, -0.15) is 0 Å². The summed E-state index contributed by atoms with van der Waals surface area (Å²) in [6.45, 7) is 5.77. The third-order valence-corrected chi connectivity index (χ3v) is 7.40. The number of nitrogens with one attached hydrogen (secondary N) is 2. The van der Waals surface area contributed by atoms with Gasteiger partial charge in [0.2, 0.25) is 5.91 Å². The number of benzene rings is 2. The molecule has 0 radical (unpaired) electrons. The van der Waals surface area contributed by atoms with Gasteiger partial charge in [-0.15, -0.1) is 0 Å². The number of pyridine rings is 1. The number of carbonyl (C=O) groups excluding carboxylic acids is 1. The maximum absolute atomic E-state index is 12.3. The molecule has 2 N–H and O–H groups in total. The summed E-state index contributed by atoms with van der Waals surface area (Å²) in [7, 11) is 0. The highest BCUT2D eigenvalue weighted by Crippen LogP contribution is 2.43. The van der Waals surface area contributed by atoms with E-state index in [2.05, 4.69) is 77.5 Å². The highest BCUT2D eigenvalue weighted by molar-refractivity contribution is 9.10. The fourth-order valence-corrected chi connectivity index (χ4v) is 5.23. The molecule has 0 saturated carbocycles. The van der Waals surface area contributed by atoms with E-state index in [1.807, 2.05) is 69.4 Å². The predicted octanol–water partition coefficient (Wildman–Crippen LogP) is 6.71. The molecule has 4 aromatic rings. The lowest BCUT2D eigenvalue weighted by molar-refractivity contribution is -0.118. The summed E-state index contributed by atoms with van der Waals surface area (Å²) in [5.74, 6) is -0.0982. The molecular weight excluding hydrogens is 546 g/mol. The number of carbonyl (C=O) groups is 1. The van der Waals surface area contributed by atoms with Crippen molar-refractivity contribution in [3.8, 4) is 5.69 Å². The minimum Gasteiger partial charge on any atom is -0.351 e. The second-order valence-corrected chi connectivity index (χ2v) is 10.7. The van der Waals surface area contributed by atoms with Crippen molar-refractivity contribution in [2.24, 2.45) is 5.92 Å². The van der Waals surface area contributed by atoms with E-state index in [0.29, 0.717) is 5.11 Å². The molecular formula is C29H28BrN5OS. The molecule has 1 aliphatic rings. The van der Waals surface area contributed by atoms with Gasteiger partial charge in [0.05, 0.1) is 11.7 Å². The molecule has 2 aromatic carbocycles. The fraction of sp³-hybridized carbons (Fsp3) is 0.207. The maximum Gasteiger partial charge on any atom is 0.226 e. The van der Waals surface area contributed by atoms with Crippen molar-refractivity contribution in [2.75, 3.05) is 10.2 Å². The molecule has 1 fully saturated rings. The highest BCUT2D eigenvalue weighted by Gasteiger charge is 2.42. The normalized spacial score (nSPS) is 17.2. The lowest BCUT2D eigenvalue weighted by Crippen LogP contribution is -2.30. The van der Waals surface area contributed by atoms with E-state index in [1.165, 1.54) is 0 Å². The van der Waals surface area contributed by atoms with Crippen LogP contribution in [0, 0.1) is 12.8 Å². The van der Waals surface area contributed by atoms with Gasteiger partial charge in [0.15, 0.2) is 5.11 Å². The molecule has 2 atom stereocenters. The zero-order chi connectivity index (χ0) is 26.1. The summed E-state index contributed by atoms with van der Waals surface area (Å²) in [5.41, 5.74) is 5.78. The first-order valence-corrected chi connectivity index (χ1v) is 13.4. The third-order valence-electron chi connectivity index (χ3n) is 6.56. The van der Waals surface area contributed by atoms with Crippen LogP contribution in [0.4, 0.5) is 11.4 Å². The van der Waals surface area contributed by atoms with Gasteiger partial charge in [-0.3, -0.25) is 9.78 Å². The van der Waals surface area contributed by atoms with E-state index in [-0.39, 0.29) is 23.9 Å². The Kier molecular flexibility index (Phi) is 7.13. The maximum atomic E-state index is 12.3. The van der Waals surface area contributed by atoms with Crippen molar-refractivity contribution in [3.63, 3.8) is 0 Å². The van der Waals surface area contributed by atoms with Crippen molar-refractivity contribution in [1.29, 1.82) is 0 Å². The molecule has 1 aliphatic heterocycles. The van der Waals surface area contributed by atoms with E-state index >= 15 is 0 Å². The van der Waals surface area contributed by atoms with E-state index in [1.54, 1.807) is 0 Å². The number of rotatable bonds is 6. The van der Waals surface area contributed by atoms with Gasteiger partial charge in [0, 0.05) is 45.5 Å². The zero-order valence-electron chi connectivity index (χ0n) is 20.9. The number of thiocarbonyl (C=S) groups is 1. The number of anilines is 2. The first-order chi connectivity index (χ1) is 17.8. The first kappa shape index (κ1) is 25.2. The number of amides is 1. The van der Waals surface area contributed by atoms with Crippen LogP contribution in [-0.2, 0) is 4.79 Å². The van der Waals surface area contributed by atoms with Crippen molar-refractivity contribution in [1.82, 2.24) is 14.9 Å². The molecule has 1 amide bonds. The average Bonchev–Trinajstić information content (AvgIpc) is 3.50. The van der Waals surface area contributed by atoms with Crippen molar-refractivity contribution < 1.29 is 4.79 Å². The predicted molar refractivity (Wildman–Crippen MR) is 156 cm³/mol. The third kappa shape index (κ3) is 5.04. The lowest BCUT2D eigenvalue weighted by Gasteiger charge is -2.29. The Morgan fingerprint density at radius 1 is 1.05 bits per heavy atom. The van der Waals surface area contributed by atoms with Crippen LogP contribution in [0.15, 0.2) is 89.7 Å². The Hall–Kier alpha value is -3.49. The van der Waals surface area contributed by atoms with E-state index in [0.717, 1.165) is 38.5 Å². The molecule has 1 saturated heterocycles. The molecule has 8 heteroatoms. The van der Waals surface area contributed by atoms with E-state index in [9.17, 15) is 4.79 Å². The molecule has 0 aliphatic carbocycles. The lowest BCUT2D eigenvalue weighted by atomic mass is 10.00. The van der Waals surface area contributed by atoms with Crippen LogP contribution in [0.5, 0.6) is 0 Å². The van der Waals surface area contributed by atoms with Gasteiger partial charge in [-0.1, -0.05) is 35.8 Å². The standard InChI is InChI=1S/C29H28BrN5OS/c1-18(2)28(36)32-23-14-13-22(17-19(23)3)35-27(26(33-29(35)37)24-7-4-5-15-31-24)25-8-6-16-34(25)21-11-9-20(30)10-12-21/h4-18,26-27H,1-3H3,(H,32,36)(H,33,37)/t26-,27+/m1/s1. The highest BCUT2D eigenvalue weighted by atomic mass is 79.9. The summed E-state index contributed by atoms with van der Waals surface area (Å²) < 4.78 is 3.22. The number of hydrogen-bond donors (Lipinski definition) is 2. The van der Waals surface area contributed by atoms with Gasteiger partial charge < -0.3 is 20.1 Å². The van der Waals surface area contributed by atoms with Crippen LogP contribution < -0.4 is 15.5 Å². The summed E-state index contributed by atoms with van der Waals surface area (Å²) >= 11 is 9.45. The average molecular weight is 575 g/mol. The Bertz CT molecular complexity index is 1430. The Morgan fingerprint density at radius 3 is 2.49 bits per heavy atom. The van der Waals surface area contributed by atoms with Gasteiger partial charge >= 0.3 is 0 Å². The Balaban J connectivity index is 1.59. The van der Waals surface area contributed by atoms with Crippen LogP contribution >= 0.6 is 28.1 Å². The van der Waals surface area contributed by atoms with Crippen LogP contribution in [0.3, 0.4) is 0 Å². The molecule has 6 nitrogen and oxygen atoms in total. The number of hydrogen-bond acceptors (Lipinski definition) is 3. The van der Waals surface area contributed by atoms with Crippen LogP contribution in [0.1, 0.15) is 42.9 Å². The molecule has 0 unspecified atom stereocenters. The van der Waals surface area contributed by atoms with Crippen molar-refractivity contribution in [2.45, 2.75) is 32.9 Å². The Labute approximate surface area is 230 Å². The second kappa shape index (κ2) is 10.5. The van der Waals surface area contributed by atoms with Crippen molar-refractivity contribution >= 4 is 50.5 Å². The van der Waals surface area contributed by atoms with E-state index < -0.39 is 0 Å². The summed E-state index contributed by atoms with van der Waals surface area (Å²) in [5, 5.41) is 7.18. The number of aryl methyl sites for hydroxylation is 1. The van der Waals surface area contributed by atoms with Gasteiger partial charge in [-0.05, 0) is 91.4 Å². The molecule has 0 spiro atoms. The largest absolute Gasteiger partial charge is 0.351 e. The molecule has 2 aromatic heterocycles. The van der Waals surface area contributed by atoms with Crippen LogP contribution in [0.2, 0.25) is 0 Å². The second-order valence-electron chi connectivity index (χ2n) is 9.42. The monoisotopic (exact) mass is 573 g/mol. The molecule has 3 heterocycles. The fourth-order valence-electron chi connectivity index (χ4n) is 4.62. The first-order valence-electron chi connectivity index (χ1n) is 12.2. The summed E-state index contributed by atoms with van der Waals surface area (Å²) in [6.07, 6.45) is 3.88. The van der Waals surface area contributed by atoms with Crippen LogP contribution in [-0.4, -0.2) is 20.6 Å². The zero-order valence-corrected chi connectivity index (χ0v) is 23.3. The number of nitrogens with zero attached hydrogens (tertiary/aromatic N) is 3. The number of halogens is 1. The van der Waals surface area contributed by atoms with E-state index in [4.69, 9.17) is 12.2 Å².